The minimum Gasteiger partial charge on any atom is -0.508 e. The molecule has 3 aliphatic carbocycles. The third-order valence-electron chi connectivity index (χ3n) is 10.0. The summed E-state index contributed by atoms with van der Waals surface area (Å²) >= 11 is 0. The number of Topliss-reactive ketones (excluding diaryl/α,β-unsaturated/α-hetero) is 2. The Hall–Kier alpha value is -5.09. The van der Waals surface area contributed by atoms with Gasteiger partial charge in [-0.1, -0.05) is 28.2 Å². The molecule has 0 saturated heterocycles. The molecule has 7 N–H and O–H groups in total. The van der Waals surface area contributed by atoms with E-state index in [1.54, 1.807) is 25.1 Å². The molecule has 2 aromatic carbocycles. The van der Waals surface area contributed by atoms with Crippen LogP contribution in [0.5, 0.6) is 5.75 Å². The lowest BCUT2D eigenvalue weighted by atomic mass is 9.57. The summed E-state index contributed by atoms with van der Waals surface area (Å²) in [4.78, 5) is 58.1. The molecule has 2 aromatic rings. The van der Waals surface area contributed by atoms with Crippen LogP contribution in [0, 0.1) is 17.3 Å². The van der Waals surface area contributed by atoms with E-state index in [4.69, 9.17) is 5.73 Å². The molecule has 0 aliphatic heterocycles. The zero-order valence-corrected chi connectivity index (χ0v) is 30.4. The summed E-state index contributed by atoms with van der Waals surface area (Å²) in [6.07, 6.45) is -4.58. The quantitative estimate of drug-likeness (QED) is 0.214. The van der Waals surface area contributed by atoms with Crippen LogP contribution in [-0.4, -0.2) is 100 Å². The lowest BCUT2D eigenvalue weighted by molar-refractivity contribution is -0.153. The van der Waals surface area contributed by atoms with E-state index in [-0.39, 0.29) is 55.7 Å². The van der Waals surface area contributed by atoms with Gasteiger partial charge in [-0.05, 0) is 74.2 Å². The Morgan fingerprint density at radius 3 is 2.11 bits per heavy atom. The fourth-order valence-electron chi connectivity index (χ4n) is 7.79. The number of nitrogens with zero attached hydrogens (tertiary/aromatic N) is 3. The van der Waals surface area contributed by atoms with Crippen molar-refractivity contribution in [3.63, 3.8) is 0 Å². The zero-order valence-electron chi connectivity index (χ0n) is 30.4. The Labute approximate surface area is 311 Å². The molecule has 0 aromatic heterocycles. The summed E-state index contributed by atoms with van der Waals surface area (Å²) in [5.41, 5.74) is 1.08. The molecule has 0 radical (unpaired) electrons. The van der Waals surface area contributed by atoms with Gasteiger partial charge in [0, 0.05) is 49.1 Å². The van der Waals surface area contributed by atoms with Crippen LogP contribution in [0.3, 0.4) is 0 Å². The zero-order chi connectivity index (χ0) is 39.7. The third-order valence-corrected chi connectivity index (χ3v) is 10.0. The second-order valence-electron chi connectivity index (χ2n) is 15.5. The number of likely N-dealkylation sites (N-methyl/N-ethyl adjacent to an activating group) is 1. The number of nitrogens with one attached hydrogen (secondary N) is 1. The Morgan fingerprint density at radius 1 is 1.02 bits per heavy atom. The summed E-state index contributed by atoms with van der Waals surface area (Å²) in [5, 5.41) is 49.4. The third kappa shape index (κ3) is 7.11. The maximum Gasteiger partial charge on any atom is 0.416 e. The average Bonchev–Trinajstić information content (AvgIpc) is 3.02. The first-order valence-electron chi connectivity index (χ1n) is 16.8. The number of anilines is 2. The monoisotopic (exact) mass is 759 g/mol. The second kappa shape index (κ2) is 14.3. The highest BCUT2D eigenvalue weighted by Crippen LogP contribution is 2.54. The summed E-state index contributed by atoms with van der Waals surface area (Å²) in [7, 11) is 6.48. The SMILES string of the molecule is C.CN(C)c1cc(CN(CC(C)(C)C)C(=O)Nc2ccc(C(F)(F)F)cc2)c(O)c2c1C[C@H]1C[C@H]3[C@H](N(C)C)C(=O)C(C(N)=O)=C(O)[C@@]3(O)C(=O)C1=C2O. The molecule has 3 amide bonds. The van der Waals surface area contributed by atoms with Crippen LogP contribution in [0.1, 0.15) is 56.9 Å². The van der Waals surface area contributed by atoms with Crippen LogP contribution in [0.15, 0.2) is 47.2 Å². The number of aromatic hydroxyl groups is 1. The number of aliphatic hydroxyl groups is 3. The molecular weight excluding hydrogens is 711 g/mol. The molecule has 294 valence electrons. The summed E-state index contributed by atoms with van der Waals surface area (Å²) in [5.74, 6) is -7.71. The fourth-order valence-corrected chi connectivity index (χ4v) is 7.79. The van der Waals surface area contributed by atoms with Crippen LogP contribution >= 0.6 is 0 Å². The first kappa shape index (κ1) is 41.7. The number of urea groups is 1. The van der Waals surface area contributed by atoms with Crippen LogP contribution in [0.4, 0.5) is 29.3 Å². The second-order valence-corrected chi connectivity index (χ2v) is 15.5. The number of hydrogen-bond donors (Lipinski definition) is 6. The number of phenols is 1. The molecule has 5 rings (SSSR count). The Kier molecular flexibility index (Phi) is 11.0. The van der Waals surface area contributed by atoms with Crippen molar-refractivity contribution in [2.24, 2.45) is 23.0 Å². The van der Waals surface area contributed by atoms with E-state index in [1.807, 2.05) is 20.8 Å². The van der Waals surface area contributed by atoms with Gasteiger partial charge < -0.3 is 41.3 Å². The van der Waals surface area contributed by atoms with Gasteiger partial charge in [0.05, 0.1) is 23.7 Å². The van der Waals surface area contributed by atoms with E-state index < -0.39 is 87.0 Å². The van der Waals surface area contributed by atoms with Crippen molar-refractivity contribution in [1.29, 1.82) is 0 Å². The summed E-state index contributed by atoms with van der Waals surface area (Å²) < 4.78 is 39.4. The van der Waals surface area contributed by atoms with Crippen molar-refractivity contribution < 1.29 is 52.8 Å². The first-order chi connectivity index (χ1) is 24.4. The molecule has 16 heteroatoms. The number of halogens is 3. The van der Waals surface area contributed by atoms with Crippen LogP contribution < -0.4 is 16.0 Å². The van der Waals surface area contributed by atoms with Gasteiger partial charge in [0.15, 0.2) is 11.4 Å². The lowest BCUT2D eigenvalue weighted by Crippen LogP contribution is -2.65. The number of fused-ring (bicyclic) bond motifs is 3. The highest BCUT2D eigenvalue weighted by Gasteiger charge is 2.64. The molecule has 3 aliphatic rings. The van der Waals surface area contributed by atoms with Gasteiger partial charge in [-0.3, -0.25) is 19.3 Å². The van der Waals surface area contributed by atoms with Gasteiger partial charge in [0.2, 0.25) is 5.78 Å². The van der Waals surface area contributed by atoms with Crippen molar-refractivity contribution in [3.05, 3.63) is 69.5 Å². The minimum absolute atomic E-state index is 0. The Bertz CT molecular complexity index is 1950. The first-order valence-corrected chi connectivity index (χ1v) is 16.8. The minimum atomic E-state index is -4.56. The number of benzene rings is 2. The number of primary amides is 1. The van der Waals surface area contributed by atoms with E-state index in [2.05, 4.69) is 5.32 Å². The largest absolute Gasteiger partial charge is 0.508 e. The molecule has 1 saturated carbocycles. The van der Waals surface area contributed by atoms with Gasteiger partial charge in [-0.2, -0.15) is 13.2 Å². The van der Waals surface area contributed by atoms with E-state index in [9.17, 15) is 52.8 Å². The van der Waals surface area contributed by atoms with Gasteiger partial charge in [-0.25, -0.2) is 4.79 Å². The van der Waals surface area contributed by atoms with E-state index in [1.165, 1.54) is 23.9 Å². The number of aliphatic hydroxyl groups excluding tert-OH is 2. The van der Waals surface area contributed by atoms with Gasteiger partial charge in [-0.15, -0.1) is 0 Å². The van der Waals surface area contributed by atoms with Crippen LogP contribution in [0.2, 0.25) is 0 Å². The van der Waals surface area contributed by atoms with Crippen molar-refractivity contribution in [3.8, 4) is 5.75 Å². The van der Waals surface area contributed by atoms with Crippen LogP contribution in [-0.2, 0) is 33.5 Å². The van der Waals surface area contributed by atoms with Crippen molar-refractivity contribution in [2.75, 3.05) is 45.0 Å². The molecule has 0 bridgehead atoms. The number of carbonyl (C=O) groups is 4. The number of hydrogen-bond acceptors (Lipinski definition) is 10. The van der Waals surface area contributed by atoms with E-state index in [0.717, 1.165) is 24.3 Å². The average molecular weight is 760 g/mol. The number of nitrogens with two attached hydrogens (primary N) is 1. The highest BCUT2D eigenvalue weighted by atomic mass is 19.4. The molecule has 4 atom stereocenters. The Balaban J connectivity index is 0.00000650. The topological polar surface area (TPSA) is 197 Å². The number of alkyl halides is 3. The molecule has 0 unspecified atom stereocenters. The summed E-state index contributed by atoms with van der Waals surface area (Å²) in [6.45, 7) is 5.46. The van der Waals surface area contributed by atoms with Crippen LogP contribution in [0.25, 0.3) is 5.76 Å². The standard InChI is InChI=1S/C37H44F3N5O8.CH4/c1-35(2,3)16-45(34(52)42-20-10-8-19(9-11-20)37(38,39)40)15-18-14-23(43(4)5)21-12-17-13-22-27(44(6)7)30(48)26(33(41)51)32(50)36(22,53)31(49)24(17)29(47)25(21)28(18)46;/h8-11,14,17,22,27,46-47,50,53H,12-13,15-16H2,1-7H3,(H2,41,51)(H,42,52);1H4/t17-,22-,27-,36-;/m0./s1. The molecule has 13 nitrogen and oxygen atoms in total. The smallest absolute Gasteiger partial charge is 0.416 e. The molecular formula is C38H48F3N5O8. The van der Waals surface area contributed by atoms with Crippen molar-refractivity contribution >= 4 is 40.6 Å². The fraction of sp³-hybridized carbons (Fsp3) is 0.474. The number of phenolic OH excluding ortho intramolecular Hbond substituents is 1. The lowest BCUT2D eigenvalue weighted by Gasteiger charge is -2.50. The van der Waals surface area contributed by atoms with Crippen molar-refractivity contribution in [1.82, 2.24) is 9.80 Å². The summed E-state index contributed by atoms with van der Waals surface area (Å²) in [6, 6.07) is 3.66. The maximum absolute atomic E-state index is 14.3. The van der Waals surface area contributed by atoms with Gasteiger partial charge >= 0.3 is 12.2 Å². The van der Waals surface area contributed by atoms with Gasteiger partial charge in [0.1, 0.15) is 22.8 Å². The number of rotatable bonds is 7. The van der Waals surface area contributed by atoms with E-state index in [0.29, 0.717) is 11.3 Å². The molecule has 54 heavy (non-hydrogen) atoms. The predicted octanol–water partition coefficient (Wildman–Crippen LogP) is 4.77. The number of carbonyl (C=O) groups excluding carboxylic acids is 4. The number of amides is 3. The predicted molar refractivity (Wildman–Crippen MR) is 196 cm³/mol. The molecule has 1 fully saturated rings. The van der Waals surface area contributed by atoms with Gasteiger partial charge in [0.25, 0.3) is 5.91 Å². The Morgan fingerprint density at radius 2 is 1.61 bits per heavy atom. The number of ketones is 2. The molecule has 0 heterocycles. The van der Waals surface area contributed by atoms with Crippen molar-refractivity contribution in [2.45, 2.75) is 65.4 Å². The normalized spacial score (nSPS) is 22.6. The molecule has 0 spiro atoms. The highest BCUT2D eigenvalue weighted by molar-refractivity contribution is 6.24. The van der Waals surface area contributed by atoms with E-state index >= 15 is 0 Å². The maximum atomic E-state index is 14.3.